The molecular formula is C18H20N2O. The molecule has 0 saturated carbocycles. The second kappa shape index (κ2) is 6.44. The van der Waals surface area contributed by atoms with Crippen molar-refractivity contribution in [3.05, 3.63) is 65.7 Å². The molecular weight excluding hydrogens is 260 g/mol. The number of nitrogens with one attached hydrogen (secondary N) is 1. The lowest BCUT2D eigenvalue weighted by Crippen LogP contribution is -2.23. The molecule has 0 bridgehead atoms. The van der Waals surface area contributed by atoms with Crippen molar-refractivity contribution in [3.8, 4) is 0 Å². The molecule has 2 aromatic carbocycles. The highest BCUT2D eigenvalue weighted by atomic mass is 16.1. The van der Waals surface area contributed by atoms with E-state index in [2.05, 4.69) is 10.2 Å². The highest BCUT2D eigenvalue weighted by Crippen LogP contribution is 2.20. The summed E-state index contributed by atoms with van der Waals surface area (Å²) in [6.45, 7) is 2.81. The van der Waals surface area contributed by atoms with Crippen LogP contribution in [-0.4, -0.2) is 19.0 Å². The Hall–Kier alpha value is -2.29. The summed E-state index contributed by atoms with van der Waals surface area (Å²) >= 11 is 0. The molecule has 3 nitrogen and oxygen atoms in total. The zero-order valence-electron chi connectivity index (χ0n) is 12.1. The van der Waals surface area contributed by atoms with Gasteiger partial charge in [-0.3, -0.25) is 4.79 Å². The van der Waals surface area contributed by atoms with Crippen LogP contribution in [0.2, 0.25) is 0 Å². The molecule has 3 heteroatoms. The number of anilines is 1. The van der Waals surface area contributed by atoms with Gasteiger partial charge in [0.2, 0.25) is 0 Å². The molecule has 1 aliphatic rings. The van der Waals surface area contributed by atoms with E-state index in [4.69, 9.17) is 0 Å². The van der Waals surface area contributed by atoms with Crippen LogP contribution in [0.5, 0.6) is 0 Å². The summed E-state index contributed by atoms with van der Waals surface area (Å²) in [5.74, 6) is -0.0215. The zero-order valence-corrected chi connectivity index (χ0v) is 12.1. The van der Waals surface area contributed by atoms with Crippen molar-refractivity contribution in [2.75, 3.05) is 18.0 Å². The van der Waals surface area contributed by atoms with Crippen LogP contribution in [0.4, 0.5) is 5.69 Å². The maximum atomic E-state index is 12.1. The number of rotatable bonds is 4. The van der Waals surface area contributed by atoms with E-state index in [9.17, 15) is 4.79 Å². The third-order valence-electron chi connectivity index (χ3n) is 3.90. The first-order valence-corrected chi connectivity index (χ1v) is 7.50. The fraction of sp³-hybridized carbons (Fsp3) is 0.278. The Bertz CT molecular complexity index is 586. The Morgan fingerprint density at radius 3 is 2.29 bits per heavy atom. The Morgan fingerprint density at radius 1 is 0.952 bits per heavy atom. The van der Waals surface area contributed by atoms with Crippen molar-refractivity contribution in [1.29, 1.82) is 0 Å². The van der Waals surface area contributed by atoms with Gasteiger partial charge < -0.3 is 10.2 Å². The first kappa shape index (κ1) is 13.7. The van der Waals surface area contributed by atoms with E-state index in [1.165, 1.54) is 18.5 Å². The van der Waals surface area contributed by atoms with Gasteiger partial charge in [-0.05, 0) is 42.7 Å². The molecule has 21 heavy (non-hydrogen) atoms. The van der Waals surface area contributed by atoms with Gasteiger partial charge in [0.05, 0.1) is 0 Å². The third kappa shape index (κ3) is 3.43. The van der Waals surface area contributed by atoms with Crippen molar-refractivity contribution < 1.29 is 4.79 Å². The van der Waals surface area contributed by atoms with Crippen LogP contribution in [0.15, 0.2) is 54.6 Å². The molecule has 2 aromatic rings. The van der Waals surface area contributed by atoms with Gasteiger partial charge in [-0.25, -0.2) is 0 Å². The lowest BCUT2D eigenvalue weighted by Gasteiger charge is -2.17. The molecule has 1 N–H and O–H groups in total. The van der Waals surface area contributed by atoms with Crippen LogP contribution in [0.1, 0.15) is 28.8 Å². The zero-order chi connectivity index (χ0) is 14.5. The molecule has 1 amide bonds. The predicted molar refractivity (Wildman–Crippen MR) is 85.5 cm³/mol. The van der Waals surface area contributed by atoms with Gasteiger partial charge in [0.25, 0.3) is 5.91 Å². The first-order chi connectivity index (χ1) is 10.3. The molecule has 3 rings (SSSR count). The highest BCUT2D eigenvalue weighted by molar-refractivity contribution is 5.94. The van der Waals surface area contributed by atoms with Crippen molar-refractivity contribution >= 4 is 11.6 Å². The fourth-order valence-corrected chi connectivity index (χ4v) is 2.68. The minimum Gasteiger partial charge on any atom is -0.372 e. The Kier molecular flexibility index (Phi) is 4.20. The molecule has 0 unspecified atom stereocenters. The van der Waals surface area contributed by atoms with E-state index in [0.717, 1.165) is 18.7 Å². The molecule has 0 atom stereocenters. The lowest BCUT2D eigenvalue weighted by molar-refractivity contribution is 0.0951. The average Bonchev–Trinajstić information content (AvgIpc) is 3.08. The molecule has 1 fully saturated rings. The summed E-state index contributed by atoms with van der Waals surface area (Å²) in [5, 5.41) is 2.95. The molecule has 0 aromatic heterocycles. The number of nitrogens with zero attached hydrogens (tertiary/aromatic N) is 1. The number of carbonyl (C=O) groups excluding carboxylic acids is 1. The summed E-state index contributed by atoms with van der Waals surface area (Å²) in [5.41, 5.74) is 3.04. The fourth-order valence-electron chi connectivity index (χ4n) is 2.68. The maximum absolute atomic E-state index is 12.1. The van der Waals surface area contributed by atoms with Gasteiger partial charge in [0, 0.05) is 30.9 Å². The Balaban J connectivity index is 1.59. The molecule has 0 aliphatic carbocycles. The van der Waals surface area contributed by atoms with Crippen LogP contribution in [-0.2, 0) is 6.54 Å². The predicted octanol–water partition coefficient (Wildman–Crippen LogP) is 3.22. The van der Waals surface area contributed by atoms with Gasteiger partial charge in [0.15, 0.2) is 0 Å². The monoisotopic (exact) mass is 280 g/mol. The smallest absolute Gasteiger partial charge is 0.251 e. The first-order valence-electron chi connectivity index (χ1n) is 7.50. The second-order valence-electron chi connectivity index (χ2n) is 5.41. The summed E-state index contributed by atoms with van der Waals surface area (Å²) in [6.07, 6.45) is 2.53. The van der Waals surface area contributed by atoms with E-state index in [-0.39, 0.29) is 5.91 Å². The van der Waals surface area contributed by atoms with Crippen LogP contribution in [0, 0.1) is 0 Å². The largest absolute Gasteiger partial charge is 0.372 e. The topological polar surface area (TPSA) is 32.3 Å². The molecule has 1 saturated heterocycles. The van der Waals surface area contributed by atoms with Crippen molar-refractivity contribution in [1.82, 2.24) is 5.32 Å². The van der Waals surface area contributed by atoms with Crippen LogP contribution in [0.25, 0.3) is 0 Å². The summed E-state index contributed by atoms with van der Waals surface area (Å²) in [6, 6.07) is 17.9. The summed E-state index contributed by atoms with van der Waals surface area (Å²) in [7, 11) is 0. The Morgan fingerprint density at radius 2 is 1.62 bits per heavy atom. The van der Waals surface area contributed by atoms with Gasteiger partial charge in [0.1, 0.15) is 0 Å². The van der Waals surface area contributed by atoms with Crippen molar-refractivity contribution in [2.24, 2.45) is 0 Å². The minimum absolute atomic E-state index is 0.0215. The highest BCUT2D eigenvalue weighted by Gasteiger charge is 2.12. The molecule has 1 heterocycles. The normalized spacial score (nSPS) is 14.2. The van der Waals surface area contributed by atoms with E-state index in [1.807, 2.05) is 54.6 Å². The van der Waals surface area contributed by atoms with E-state index >= 15 is 0 Å². The summed E-state index contributed by atoms with van der Waals surface area (Å²) < 4.78 is 0. The molecule has 0 spiro atoms. The molecule has 0 radical (unpaired) electrons. The number of carbonyl (C=O) groups is 1. The molecule has 108 valence electrons. The van der Waals surface area contributed by atoms with E-state index in [0.29, 0.717) is 12.1 Å². The van der Waals surface area contributed by atoms with Crippen molar-refractivity contribution in [2.45, 2.75) is 19.4 Å². The summed E-state index contributed by atoms with van der Waals surface area (Å²) in [4.78, 5) is 14.5. The lowest BCUT2D eigenvalue weighted by atomic mass is 10.1. The van der Waals surface area contributed by atoms with E-state index in [1.54, 1.807) is 0 Å². The number of hydrogen-bond donors (Lipinski definition) is 1. The van der Waals surface area contributed by atoms with Crippen molar-refractivity contribution in [3.63, 3.8) is 0 Å². The van der Waals surface area contributed by atoms with Crippen LogP contribution < -0.4 is 10.2 Å². The van der Waals surface area contributed by atoms with Gasteiger partial charge in [-0.15, -0.1) is 0 Å². The standard InChI is InChI=1S/C18H20N2O/c21-18(19-14-15-6-2-1-3-7-15)16-8-10-17(11-9-16)20-12-4-5-13-20/h1-3,6-11H,4-5,12-14H2,(H,19,21). The maximum Gasteiger partial charge on any atom is 0.251 e. The van der Waals surface area contributed by atoms with Gasteiger partial charge >= 0.3 is 0 Å². The SMILES string of the molecule is O=C(NCc1ccccc1)c1ccc(N2CCCC2)cc1. The number of hydrogen-bond acceptors (Lipinski definition) is 2. The number of amides is 1. The number of benzene rings is 2. The second-order valence-corrected chi connectivity index (χ2v) is 5.41. The average molecular weight is 280 g/mol. The van der Waals surface area contributed by atoms with Crippen LogP contribution in [0.3, 0.4) is 0 Å². The van der Waals surface area contributed by atoms with Gasteiger partial charge in [-0.1, -0.05) is 30.3 Å². The third-order valence-corrected chi connectivity index (χ3v) is 3.90. The van der Waals surface area contributed by atoms with E-state index < -0.39 is 0 Å². The van der Waals surface area contributed by atoms with Gasteiger partial charge in [-0.2, -0.15) is 0 Å². The quantitative estimate of drug-likeness (QED) is 0.932. The minimum atomic E-state index is -0.0215. The molecule has 1 aliphatic heterocycles. The van der Waals surface area contributed by atoms with Crippen LogP contribution >= 0.6 is 0 Å². The Labute approximate surface area is 125 Å².